The van der Waals surface area contributed by atoms with Crippen LogP contribution in [0.2, 0.25) is 0 Å². The second-order valence-electron chi connectivity index (χ2n) is 4.34. The van der Waals surface area contributed by atoms with Crippen LogP contribution in [0.4, 0.5) is 0 Å². The van der Waals surface area contributed by atoms with E-state index in [1.165, 1.54) is 11.1 Å². The summed E-state index contributed by atoms with van der Waals surface area (Å²) in [5, 5.41) is 1.62. The summed E-state index contributed by atoms with van der Waals surface area (Å²) < 4.78 is 11.0. The van der Waals surface area contributed by atoms with Crippen molar-refractivity contribution < 1.29 is 9.47 Å². The lowest BCUT2D eigenvalue weighted by atomic mass is 10.0. The molecule has 2 rings (SSSR count). The van der Waals surface area contributed by atoms with Crippen LogP contribution in [0.5, 0.6) is 11.5 Å². The molecule has 0 aliphatic heterocycles. The Morgan fingerprint density at radius 1 is 0.750 bits per heavy atom. The van der Waals surface area contributed by atoms with Gasteiger partial charge in [0.25, 0.3) is 0 Å². The first kappa shape index (κ1) is 15.4. The van der Waals surface area contributed by atoms with Crippen LogP contribution in [0.3, 0.4) is 0 Å². The van der Waals surface area contributed by atoms with Gasteiger partial charge in [0.2, 0.25) is 0 Å². The molecule has 2 aromatic rings. The average Bonchev–Trinajstić information content (AvgIpc) is 2.53. The average molecular weight is 400 g/mol. The second-order valence-corrected chi connectivity index (χ2v) is 5.46. The van der Waals surface area contributed by atoms with Gasteiger partial charge in [-0.2, -0.15) is 0 Å². The minimum Gasteiger partial charge on any atom is -0.496 e. The van der Waals surface area contributed by atoms with E-state index in [0.29, 0.717) is 0 Å². The molecule has 4 heteroatoms. The van der Waals surface area contributed by atoms with Crippen LogP contribution in [0.1, 0.15) is 11.1 Å². The molecule has 20 heavy (non-hydrogen) atoms. The monoisotopic (exact) mass is 398 g/mol. The number of hydrogen-bond acceptors (Lipinski definition) is 2. The van der Waals surface area contributed by atoms with Crippen LogP contribution in [0.25, 0.3) is 11.1 Å². The Labute approximate surface area is 136 Å². The van der Waals surface area contributed by atoms with E-state index in [9.17, 15) is 0 Å². The molecule has 0 N–H and O–H groups in total. The first-order chi connectivity index (χ1) is 9.73. The van der Waals surface area contributed by atoms with Gasteiger partial charge in [-0.05, 0) is 23.3 Å². The molecule has 0 aliphatic carbocycles. The van der Waals surface area contributed by atoms with E-state index >= 15 is 0 Å². The molecule has 0 fully saturated rings. The van der Waals surface area contributed by atoms with Gasteiger partial charge >= 0.3 is 0 Å². The number of methoxy groups -OCH3 is 2. The van der Waals surface area contributed by atoms with Crippen molar-refractivity contribution in [2.45, 2.75) is 10.7 Å². The fraction of sp³-hybridized carbons (Fsp3) is 0.250. The molecule has 0 radical (unpaired) electrons. The summed E-state index contributed by atoms with van der Waals surface area (Å²) in [6.45, 7) is 0. The maximum atomic E-state index is 5.51. The van der Waals surface area contributed by atoms with Crippen LogP contribution >= 0.6 is 31.9 Å². The molecule has 0 aromatic heterocycles. The first-order valence-corrected chi connectivity index (χ1v) is 8.44. The van der Waals surface area contributed by atoms with Gasteiger partial charge in [0.05, 0.1) is 14.2 Å². The summed E-state index contributed by atoms with van der Waals surface area (Å²) in [7, 11) is 3.38. The Morgan fingerprint density at radius 3 is 1.45 bits per heavy atom. The molecule has 106 valence electrons. The zero-order chi connectivity index (χ0) is 14.5. The van der Waals surface area contributed by atoms with Crippen molar-refractivity contribution in [2.75, 3.05) is 14.2 Å². The van der Waals surface area contributed by atoms with Crippen LogP contribution in [0.15, 0.2) is 36.4 Å². The minimum atomic E-state index is 0.809. The third kappa shape index (κ3) is 3.18. The summed E-state index contributed by atoms with van der Waals surface area (Å²) in [5.74, 6) is 1.71. The van der Waals surface area contributed by atoms with Crippen LogP contribution in [-0.2, 0) is 10.7 Å². The summed E-state index contributed by atoms with van der Waals surface area (Å²) in [6, 6.07) is 12.4. The van der Waals surface area contributed by atoms with Crippen molar-refractivity contribution in [3.8, 4) is 22.6 Å². The number of rotatable bonds is 5. The lowest BCUT2D eigenvalue weighted by Gasteiger charge is -2.14. The molecule has 0 spiro atoms. The summed E-state index contributed by atoms with van der Waals surface area (Å²) in [5.41, 5.74) is 4.44. The standard InChI is InChI=1S/C16H16Br2O2/c1-19-15-7-11(9-17)3-5-13(15)14-6-4-12(10-18)8-16(14)20-2/h3-8H,9-10H2,1-2H3. The van der Waals surface area contributed by atoms with Crippen LogP contribution in [0, 0.1) is 0 Å². The predicted molar refractivity (Wildman–Crippen MR) is 90.2 cm³/mol. The highest BCUT2D eigenvalue weighted by atomic mass is 79.9. The number of halogens is 2. The van der Waals surface area contributed by atoms with Gasteiger partial charge in [-0.25, -0.2) is 0 Å². The lowest BCUT2D eigenvalue weighted by Crippen LogP contribution is -1.94. The zero-order valence-corrected chi connectivity index (χ0v) is 14.6. The van der Waals surface area contributed by atoms with E-state index in [2.05, 4.69) is 56.1 Å². The molecular formula is C16H16Br2O2. The molecule has 0 atom stereocenters. The Hall–Kier alpha value is -1.00. The SMILES string of the molecule is COc1cc(CBr)ccc1-c1ccc(CBr)cc1OC. The Morgan fingerprint density at radius 2 is 1.15 bits per heavy atom. The highest BCUT2D eigenvalue weighted by Gasteiger charge is 2.12. The van der Waals surface area contributed by atoms with Crippen LogP contribution in [-0.4, -0.2) is 14.2 Å². The molecule has 2 aromatic carbocycles. The van der Waals surface area contributed by atoms with Crippen molar-refractivity contribution in [2.24, 2.45) is 0 Å². The van der Waals surface area contributed by atoms with Gasteiger partial charge in [-0.15, -0.1) is 0 Å². The maximum absolute atomic E-state index is 5.51. The molecule has 0 aliphatic rings. The van der Waals surface area contributed by atoms with Gasteiger partial charge in [0.1, 0.15) is 11.5 Å². The molecule has 0 bridgehead atoms. The molecule has 0 unspecified atom stereocenters. The Kier molecular flexibility index (Phi) is 5.49. The van der Waals surface area contributed by atoms with E-state index in [1.807, 2.05) is 12.1 Å². The van der Waals surface area contributed by atoms with Crippen molar-refractivity contribution in [1.82, 2.24) is 0 Å². The molecule has 2 nitrogen and oxygen atoms in total. The Balaban J connectivity index is 2.55. The van der Waals surface area contributed by atoms with E-state index in [0.717, 1.165) is 33.3 Å². The highest BCUT2D eigenvalue weighted by molar-refractivity contribution is 9.08. The van der Waals surface area contributed by atoms with Gasteiger partial charge in [-0.3, -0.25) is 0 Å². The van der Waals surface area contributed by atoms with Gasteiger partial charge in [0, 0.05) is 21.8 Å². The van der Waals surface area contributed by atoms with Crippen molar-refractivity contribution in [3.63, 3.8) is 0 Å². The van der Waals surface area contributed by atoms with Crippen molar-refractivity contribution >= 4 is 31.9 Å². The van der Waals surface area contributed by atoms with Crippen molar-refractivity contribution in [1.29, 1.82) is 0 Å². The van der Waals surface area contributed by atoms with Gasteiger partial charge in [-0.1, -0.05) is 56.1 Å². The van der Waals surface area contributed by atoms with Gasteiger partial charge < -0.3 is 9.47 Å². The molecule has 0 saturated carbocycles. The normalized spacial score (nSPS) is 10.4. The van der Waals surface area contributed by atoms with Crippen molar-refractivity contribution in [3.05, 3.63) is 47.5 Å². The summed E-state index contributed by atoms with van der Waals surface area (Å²) >= 11 is 6.93. The van der Waals surface area contributed by atoms with E-state index in [4.69, 9.17) is 9.47 Å². The van der Waals surface area contributed by atoms with Gasteiger partial charge in [0.15, 0.2) is 0 Å². The predicted octanol–water partition coefficient (Wildman–Crippen LogP) is 5.16. The van der Waals surface area contributed by atoms with E-state index in [-0.39, 0.29) is 0 Å². The number of alkyl halides is 2. The molecule has 0 amide bonds. The largest absolute Gasteiger partial charge is 0.496 e. The summed E-state index contributed by atoms with van der Waals surface area (Å²) in [4.78, 5) is 0. The molecular weight excluding hydrogens is 384 g/mol. The smallest absolute Gasteiger partial charge is 0.127 e. The second kappa shape index (κ2) is 7.14. The third-order valence-electron chi connectivity index (χ3n) is 3.13. The fourth-order valence-corrected chi connectivity index (χ4v) is 2.78. The summed E-state index contributed by atoms with van der Waals surface area (Å²) in [6.07, 6.45) is 0. The maximum Gasteiger partial charge on any atom is 0.127 e. The minimum absolute atomic E-state index is 0.809. The molecule has 0 heterocycles. The molecule has 0 saturated heterocycles. The highest BCUT2D eigenvalue weighted by Crippen LogP contribution is 2.37. The third-order valence-corrected chi connectivity index (χ3v) is 4.43. The quantitative estimate of drug-likeness (QED) is 0.646. The van der Waals surface area contributed by atoms with Crippen LogP contribution < -0.4 is 9.47 Å². The fourth-order valence-electron chi connectivity index (χ4n) is 2.08. The zero-order valence-electron chi connectivity index (χ0n) is 11.5. The first-order valence-electron chi connectivity index (χ1n) is 6.19. The number of ether oxygens (including phenoxy) is 2. The van der Waals surface area contributed by atoms with E-state index in [1.54, 1.807) is 14.2 Å². The number of benzene rings is 2. The van der Waals surface area contributed by atoms with E-state index < -0.39 is 0 Å². The Bertz CT molecular complexity index is 544. The topological polar surface area (TPSA) is 18.5 Å². The number of hydrogen-bond donors (Lipinski definition) is 0. The lowest BCUT2D eigenvalue weighted by molar-refractivity contribution is 0.410.